The number of alkyl halides is 3. The fraction of sp³-hybridized carbons (Fsp3) is 0.565. The number of nitrogens with one attached hydrogen (secondary N) is 1. The SMILES string of the molecule is CC1(CN2CCCNCC2)CCN(c2nc(Oc3cccc(F)c3)cc(C(F)(F)F)n2)CC1. The van der Waals surface area contributed by atoms with Crippen molar-refractivity contribution < 1.29 is 22.3 Å². The van der Waals surface area contributed by atoms with E-state index in [0.29, 0.717) is 13.1 Å². The van der Waals surface area contributed by atoms with Crippen LogP contribution >= 0.6 is 0 Å². The lowest BCUT2D eigenvalue weighted by Crippen LogP contribution is -2.46. The fourth-order valence-electron chi connectivity index (χ4n) is 4.41. The van der Waals surface area contributed by atoms with Gasteiger partial charge >= 0.3 is 6.18 Å². The quantitative estimate of drug-likeness (QED) is 0.661. The molecule has 2 fully saturated rings. The van der Waals surface area contributed by atoms with Gasteiger partial charge in [-0.05, 0) is 49.9 Å². The molecule has 1 aromatic carbocycles. The molecular weight excluding hydrogens is 438 g/mol. The highest BCUT2D eigenvalue weighted by Crippen LogP contribution is 2.36. The summed E-state index contributed by atoms with van der Waals surface area (Å²) in [5.74, 6) is -0.750. The Bertz CT molecular complexity index is 939. The van der Waals surface area contributed by atoms with E-state index in [1.54, 1.807) is 4.90 Å². The van der Waals surface area contributed by atoms with E-state index < -0.39 is 17.7 Å². The molecule has 2 aliphatic heterocycles. The Labute approximate surface area is 191 Å². The van der Waals surface area contributed by atoms with Crippen molar-refractivity contribution in [1.82, 2.24) is 20.2 Å². The van der Waals surface area contributed by atoms with Crippen LogP contribution in [0.25, 0.3) is 0 Å². The third kappa shape index (κ3) is 6.32. The summed E-state index contributed by atoms with van der Waals surface area (Å²) in [5, 5.41) is 3.41. The van der Waals surface area contributed by atoms with Gasteiger partial charge in [0.2, 0.25) is 11.8 Å². The number of piperidine rings is 1. The Morgan fingerprint density at radius 2 is 1.85 bits per heavy atom. The first-order chi connectivity index (χ1) is 15.7. The largest absolute Gasteiger partial charge is 0.439 e. The van der Waals surface area contributed by atoms with Gasteiger partial charge in [0, 0.05) is 44.9 Å². The minimum atomic E-state index is -4.65. The Morgan fingerprint density at radius 1 is 1.06 bits per heavy atom. The first-order valence-electron chi connectivity index (χ1n) is 11.3. The van der Waals surface area contributed by atoms with Crippen LogP contribution in [0.2, 0.25) is 0 Å². The lowest BCUT2D eigenvalue weighted by molar-refractivity contribution is -0.141. The third-order valence-electron chi connectivity index (χ3n) is 6.29. The maximum Gasteiger partial charge on any atom is 0.433 e. The molecule has 3 heterocycles. The maximum atomic E-state index is 13.5. The molecule has 0 saturated carbocycles. The molecule has 0 unspecified atom stereocenters. The average Bonchev–Trinajstić information content (AvgIpc) is 3.02. The number of benzene rings is 1. The third-order valence-corrected chi connectivity index (χ3v) is 6.29. The van der Waals surface area contributed by atoms with E-state index in [2.05, 4.69) is 27.1 Å². The second kappa shape index (κ2) is 9.80. The first-order valence-corrected chi connectivity index (χ1v) is 11.3. The number of hydrogen-bond acceptors (Lipinski definition) is 6. The van der Waals surface area contributed by atoms with Gasteiger partial charge in [-0.2, -0.15) is 18.2 Å². The van der Waals surface area contributed by atoms with Crippen LogP contribution in [0.5, 0.6) is 11.6 Å². The normalized spacial score (nSPS) is 19.8. The van der Waals surface area contributed by atoms with Gasteiger partial charge in [0.05, 0.1) is 0 Å². The van der Waals surface area contributed by atoms with Crippen molar-refractivity contribution in [3.8, 4) is 11.6 Å². The van der Waals surface area contributed by atoms with Crippen LogP contribution in [0, 0.1) is 11.2 Å². The number of ether oxygens (including phenoxy) is 1. The summed E-state index contributed by atoms with van der Waals surface area (Å²) in [6.45, 7) is 8.42. The van der Waals surface area contributed by atoms with Gasteiger partial charge in [-0.25, -0.2) is 9.37 Å². The van der Waals surface area contributed by atoms with E-state index in [-0.39, 0.29) is 23.0 Å². The number of hydrogen-bond donors (Lipinski definition) is 1. The summed E-state index contributed by atoms with van der Waals surface area (Å²) in [6.07, 6.45) is -1.87. The number of nitrogens with zero attached hydrogens (tertiary/aromatic N) is 4. The zero-order valence-electron chi connectivity index (χ0n) is 18.7. The first kappa shape index (κ1) is 23.7. The molecule has 0 atom stereocenters. The summed E-state index contributed by atoms with van der Waals surface area (Å²) < 4.78 is 59.4. The van der Waals surface area contributed by atoms with Gasteiger partial charge in [-0.3, -0.25) is 0 Å². The molecule has 33 heavy (non-hydrogen) atoms. The molecule has 0 aliphatic carbocycles. The van der Waals surface area contributed by atoms with Crippen molar-refractivity contribution in [3.05, 3.63) is 41.8 Å². The highest BCUT2D eigenvalue weighted by molar-refractivity contribution is 5.38. The molecule has 6 nitrogen and oxygen atoms in total. The van der Waals surface area contributed by atoms with Crippen LogP contribution in [0.1, 0.15) is 31.9 Å². The lowest BCUT2D eigenvalue weighted by Gasteiger charge is -2.42. The van der Waals surface area contributed by atoms with Gasteiger partial charge < -0.3 is 19.9 Å². The zero-order chi connectivity index (χ0) is 23.5. The Morgan fingerprint density at radius 3 is 2.58 bits per heavy atom. The lowest BCUT2D eigenvalue weighted by atomic mass is 9.80. The minimum Gasteiger partial charge on any atom is -0.439 e. The summed E-state index contributed by atoms with van der Waals surface area (Å²) in [6, 6.07) is 5.95. The molecule has 0 bridgehead atoms. The van der Waals surface area contributed by atoms with Gasteiger partial charge in [-0.15, -0.1) is 0 Å². The number of halogens is 4. The second-order valence-electron chi connectivity index (χ2n) is 9.13. The molecule has 180 valence electrons. The van der Waals surface area contributed by atoms with Crippen LogP contribution < -0.4 is 15.0 Å². The Kier molecular flexibility index (Phi) is 7.04. The number of anilines is 1. The standard InChI is InChI=1S/C23H29F4N5O/c1-22(16-31-10-3-8-28-9-13-31)6-11-32(12-7-22)21-29-19(23(25,26)27)15-20(30-21)33-18-5-2-4-17(24)14-18/h2,4-5,14-15,28H,3,6-13,16H2,1H3. The van der Waals surface area contributed by atoms with E-state index in [4.69, 9.17) is 4.74 Å². The summed E-state index contributed by atoms with van der Waals surface area (Å²) in [5.41, 5.74) is -0.993. The van der Waals surface area contributed by atoms with E-state index in [1.165, 1.54) is 18.2 Å². The number of aromatic nitrogens is 2. The summed E-state index contributed by atoms with van der Waals surface area (Å²) in [7, 11) is 0. The molecule has 0 radical (unpaired) electrons. The van der Waals surface area contributed by atoms with Crippen LogP contribution in [-0.4, -0.2) is 60.7 Å². The minimum absolute atomic E-state index is 0.0164. The molecular formula is C23H29F4N5O. The molecule has 2 aliphatic rings. The van der Waals surface area contributed by atoms with E-state index >= 15 is 0 Å². The number of rotatable bonds is 5. The predicted molar refractivity (Wildman–Crippen MR) is 117 cm³/mol. The van der Waals surface area contributed by atoms with Crippen LogP contribution in [0.3, 0.4) is 0 Å². The Hall–Kier alpha value is -2.46. The smallest absolute Gasteiger partial charge is 0.433 e. The molecule has 2 aromatic rings. The van der Waals surface area contributed by atoms with Crippen molar-refractivity contribution in [2.24, 2.45) is 5.41 Å². The molecule has 1 aromatic heterocycles. The Balaban J connectivity index is 1.48. The molecule has 0 spiro atoms. The van der Waals surface area contributed by atoms with Crippen molar-refractivity contribution in [3.63, 3.8) is 0 Å². The predicted octanol–water partition coefficient (Wildman–Crippen LogP) is 4.33. The summed E-state index contributed by atoms with van der Waals surface area (Å²) in [4.78, 5) is 12.3. The van der Waals surface area contributed by atoms with Crippen molar-refractivity contribution in [2.45, 2.75) is 32.4 Å². The second-order valence-corrected chi connectivity index (χ2v) is 9.13. The molecule has 2 saturated heterocycles. The van der Waals surface area contributed by atoms with Gasteiger partial charge in [0.25, 0.3) is 0 Å². The molecule has 10 heteroatoms. The molecule has 0 amide bonds. The van der Waals surface area contributed by atoms with Crippen molar-refractivity contribution in [2.75, 3.05) is 50.7 Å². The van der Waals surface area contributed by atoms with Crippen LogP contribution in [0.4, 0.5) is 23.5 Å². The van der Waals surface area contributed by atoms with Gasteiger partial charge in [0.1, 0.15) is 11.6 Å². The maximum absolute atomic E-state index is 13.5. The van der Waals surface area contributed by atoms with Crippen molar-refractivity contribution >= 4 is 5.95 Å². The topological polar surface area (TPSA) is 53.5 Å². The van der Waals surface area contributed by atoms with E-state index in [0.717, 1.165) is 64.1 Å². The van der Waals surface area contributed by atoms with E-state index in [9.17, 15) is 17.6 Å². The fourth-order valence-corrected chi connectivity index (χ4v) is 4.41. The van der Waals surface area contributed by atoms with Crippen LogP contribution in [0.15, 0.2) is 30.3 Å². The average molecular weight is 468 g/mol. The highest BCUT2D eigenvalue weighted by atomic mass is 19.4. The van der Waals surface area contributed by atoms with E-state index in [1.807, 2.05) is 0 Å². The summed E-state index contributed by atoms with van der Waals surface area (Å²) >= 11 is 0. The zero-order valence-corrected chi connectivity index (χ0v) is 18.7. The highest BCUT2D eigenvalue weighted by Gasteiger charge is 2.37. The van der Waals surface area contributed by atoms with Crippen molar-refractivity contribution in [1.29, 1.82) is 0 Å². The molecule has 4 rings (SSSR count). The monoisotopic (exact) mass is 467 g/mol. The van der Waals surface area contributed by atoms with Gasteiger partial charge in [0.15, 0.2) is 5.69 Å². The molecule has 1 N–H and O–H groups in total. The van der Waals surface area contributed by atoms with Crippen LogP contribution in [-0.2, 0) is 6.18 Å². The van der Waals surface area contributed by atoms with Gasteiger partial charge in [-0.1, -0.05) is 13.0 Å².